The molecule has 2 N–H and O–H groups in total. The number of nitrogens with zero attached hydrogens (tertiary/aromatic N) is 2. The predicted octanol–water partition coefficient (Wildman–Crippen LogP) is 2.40. The average Bonchev–Trinajstić information content (AvgIpc) is 2.31. The molecule has 1 rings (SSSR count). The summed E-state index contributed by atoms with van der Waals surface area (Å²) >= 11 is 2.00. The van der Waals surface area contributed by atoms with Gasteiger partial charge >= 0.3 is 0 Å². The minimum absolute atomic E-state index is 0. The molecule has 1 heterocycles. The van der Waals surface area contributed by atoms with Gasteiger partial charge in [0.25, 0.3) is 0 Å². The molecular formula is C11H24IN3S. The highest BCUT2D eigenvalue weighted by molar-refractivity contribution is 14.0. The van der Waals surface area contributed by atoms with E-state index in [0.717, 1.165) is 25.6 Å². The quantitative estimate of drug-likeness (QED) is 0.477. The number of thioether (sulfide) groups is 1. The van der Waals surface area contributed by atoms with Gasteiger partial charge in [-0.25, -0.2) is 0 Å². The lowest BCUT2D eigenvalue weighted by molar-refractivity contribution is 0.447. The molecule has 96 valence electrons. The minimum atomic E-state index is 0. The molecule has 0 spiro atoms. The highest BCUT2D eigenvalue weighted by Gasteiger charge is 2.12. The van der Waals surface area contributed by atoms with Crippen LogP contribution in [0.1, 0.15) is 26.7 Å². The van der Waals surface area contributed by atoms with Gasteiger partial charge in [0.15, 0.2) is 5.96 Å². The van der Waals surface area contributed by atoms with Crippen LogP contribution in [0.5, 0.6) is 0 Å². The zero-order valence-corrected chi connectivity index (χ0v) is 13.5. The zero-order chi connectivity index (χ0) is 11.1. The highest BCUT2D eigenvalue weighted by Crippen LogP contribution is 2.10. The molecule has 1 fully saturated rings. The Bertz CT molecular complexity index is 201. The first-order chi connectivity index (χ1) is 7.27. The first kappa shape index (κ1) is 16.4. The first-order valence-corrected chi connectivity index (χ1v) is 7.06. The molecule has 0 aliphatic carbocycles. The van der Waals surface area contributed by atoms with Gasteiger partial charge in [-0.05, 0) is 5.92 Å². The summed E-state index contributed by atoms with van der Waals surface area (Å²) < 4.78 is 0. The van der Waals surface area contributed by atoms with E-state index in [2.05, 4.69) is 23.7 Å². The van der Waals surface area contributed by atoms with Crippen molar-refractivity contribution in [1.82, 2.24) is 4.90 Å². The molecule has 0 unspecified atom stereocenters. The minimum Gasteiger partial charge on any atom is -0.370 e. The summed E-state index contributed by atoms with van der Waals surface area (Å²) in [5, 5.41) is 0. The van der Waals surface area contributed by atoms with Gasteiger partial charge in [-0.15, -0.1) is 24.0 Å². The fraction of sp³-hybridized carbons (Fsp3) is 0.909. The molecule has 0 atom stereocenters. The van der Waals surface area contributed by atoms with Crippen LogP contribution in [-0.4, -0.2) is 42.0 Å². The molecule has 1 aliphatic rings. The maximum Gasteiger partial charge on any atom is 0.191 e. The van der Waals surface area contributed by atoms with E-state index in [0.29, 0.717) is 5.92 Å². The second kappa shape index (κ2) is 9.39. The number of rotatable bonds is 4. The van der Waals surface area contributed by atoms with E-state index in [-0.39, 0.29) is 24.0 Å². The molecule has 0 aromatic carbocycles. The van der Waals surface area contributed by atoms with Gasteiger partial charge in [-0.3, -0.25) is 4.99 Å². The summed E-state index contributed by atoms with van der Waals surface area (Å²) in [5.74, 6) is 3.81. The molecule has 0 saturated carbocycles. The Morgan fingerprint density at radius 2 is 1.88 bits per heavy atom. The van der Waals surface area contributed by atoms with Crippen LogP contribution in [-0.2, 0) is 0 Å². The second-order valence-corrected chi connectivity index (χ2v) is 5.21. The molecule has 1 aliphatic heterocycles. The maximum absolute atomic E-state index is 5.97. The summed E-state index contributed by atoms with van der Waals surface area (Å²) in [6, 6.07) is 0. The SMILES string of the molecule is CCC(CC)CN=C(N)N1CCSCC1.I. The van der Waals surface area contributed by atoms with E-state index in [1.165, 1.54) is 24.3 Å². The standard InChI is InChI=1S/C11H23N3S.HI/c1-3-10(4-2)9-13-11(12)14-5-7-15-8-6-14;/h10H,3-9H2,1-2H3,(H2,12,13);1H. The van der Waals surface area contributed by atoms with Crippen LogP contribution in [0.2, 0.25) is 0 Å². The van der Waals surface area contributed by atoms with Crippen molar-refractivity contribution in [3.63, 3.8) is 0 Å². The normalized spacial score (nSPS) is 17.4. The van der Waals surface area contributed by atoms with E-state index < -0.39 is 0 Å². The summed E-state index contributed by atoms with van der Waals surface area (Å²) in [6.45, 7) is 7.45. The number of halogens is 1. The Morgan fingerprint density at radius 3 is 2.38 bits per heavy atom. The van der Waals surface area contributed by atoms with E-state index >= 15 is 0 Å². The predicted molar refractivity (Wildman–Crippen MR) is 84.9 cm³/mol. The average molecular weight is 357 g/mol. The van der Waals surface area contributed by atoms with E-state index in [1.807, 2.05) is 11.8 Å². The van der Waals surface area contributed by atoms with Gasteiger partial charge in [0.05, 0.1) is 0 Å². The lowest BCUT2D eigenvalue weighted by Crippen LogP contribution is -2.42. The van der Waals surface area contributed by atoms with Gasteiger partial charge in [0.1, 0.15) is 0 Å². The van der Waals surface area contributed by atoms with Gasteiger partial charge in [0.2, 0.25) is 0 Å². The van der Waals surface area contributed by atoms with Crippen molar-refractivity contribution in [2.45, 2.75) is 26.7 Å². The topological polar surface area (TPSA) is 41.6 Å². The van der Waals surface area contributed by atoms with Crippen LogP contribution in [0.25, 0.3) is 0 Å². The van der Waals surface area contributed by atoms with Gasteiger partial charge in [0, 0.05) is 31.1 Å². The van der Waals surface area contributed by atoms with Crippen molar-refractivity contribution in [3.8, 4) is 0 Å². The molecule has 0 aromatic heterocycles. The van der Waals surface area contributed by atoms with Crippen LogP contribution in [0.15, 0.2) is 4.99 Å². The molecule has 0 radical (unpaired) electrons. The summed E-state index contributed by atoms with van der Waals surface area (Å²) in [7, 11) is 0. The largest absolute Gasteiger partial charge is 0.370 e. The molecule has 1 saturated heterocycles. The Morgan fingerprint density at radius 1 is 1.31 bits per heavy atom. The van der Waals surface area contributed by atoms with Crippen molar-refractivity contribution in [3.05, 3.63) is 0 Å². The van der Waals surface area contributed by atoms with Crippen LogP contribution < -0.4 is 5.73 Å². The van der Waals surface area contributed by atoms with E-state index in [1.54, 1.807) is 0 Å². The lowest BCUT2D eigenvalue weighted by Gasteiger charge is -2.27. The lowest BCUT2D eigenvalue weighted by atomic mass is 10.0. The third kappa shape index (κ3) is 5.61. The fourth-order valence-corrected chi connectivity index (χ4v) is 2.57. The molecule has 0 amide bonds. The van der Waals surface area contributed by atoms with Gasteiger partial charge < -0.3 is 10.6 Å². The smallest absolute Gasteiger partial charge is 0.191 e. The molecule has 16 heavy (non-hydrogen) atoms. The Kier molecular flexibility index (Phi) is 9.59. The summed E-state index contributed by atoms with van der Waals surface area (Å²) in [4.78, 5) is 6.71. The van der Waals surface area contributed by atoms with Crippen LogP contribution in [0.3, 0.4) is 0 Å². The second-order valence-electron chi connectivity index (χ2n) is 3.98. The monoisotopic (exact) mass is 357 g/mol. The Balaban J connectivity index is 0.00000225. The zero-order valence-electron chi connectivity index (χ0n) is 10.3. The van der Waals surface area contributed by atoms with Gasteiger partial charge in [-0.2, -0.15) is 11.8 Å². The summed E-state index contributed by atoms with van der Waals surface area (Å²) in [6.07, 6.45) is 2.40. The number of guanidine groups is 1. The highest BCUT2D eigenvalue weighted by atomic mass is 127. The van der Waals surface area contributed by atoms with Gasteiger partial charge in [-0.1, -0.05) is 26.7 Å². The van der Waals surface area contributed by atoms with Crippen molar-refractivity contribution in [2.24, 2.45) is 16.6 Å². The van der Waals surface area contributed by atoms with Crippen molar-refractivity contribution in [1.29, 1.82) is 0 Å². The molecule has 0 aromatic rings. The number of nitrogens with two attached hydrogens (primary N) is 1. The van der Waals surface area contributed by atoms with Crippen LogP contribution in [0, 0.1) is 5.92 Å². The van der Waals surface area contributed by atoms with Crippen LogP contribution >= 0.6 is 35.7 Å². The third-order valence-electron chi connectivity index (χ3n) is 3.00. The first-order valence-electron chi connectivity index (χ1n) is 5.90. The van der Waals surface area contributed by atoms with Crippen molar-refractivity contribution in [2.75, 3.05) is 31.1 Å². The molecular weight excluding hydrogens is 333 g/mol. The Hall–Kier alpha value is 0.350. The number of hydrogen-bond acceptors (Lipinski definition) is 2. The fourth-order valence-electron chi connectivity index (χ4n) is 1.66. The molecule has 3 nitrogen and oxygen atoms in total. The number of aliphatic imine (C=N–C) groups is 1. The van der Waals surface area contributed by atoms with E-state index in [9.17, 15) is 0 Å². The van der Waals surface area contributed by atoms with Crippen molar-refractivity contribution < 1.29 is 0 Å². The van der Waals surface area contributed by atoms with Crippen molar-refractivity contribution >= 4 is 41.7 Å². The maximum atomic E-state index is 5.97. The van der Waals surface area contributed by atoms with E-state index in [4.69, 9.17) is 5.73 Å². The van der Waals surface area contributed by atoms with Crippen LogP contribution in [0.4, 0.5) is 0 Å². The number of hydrogen-bond donors (Lipinski definition) is 1. The molecule has 0 bridgehead atoms. The third-order valence-corrected chi connectivity index (χ3v) is 3.94. The molecule has 5 heteroatoms. The Labute approximate surface area is 121 Å². The summed E-state index contributed by atoms with van der Waals surface area (Å²) in [5.41, 5.74) is 5.97.